The van der Waals surface area contributed by atoms with E-state index in [1.807, 2.05) is 38.1 Å². The monoisotopic (exact) mass is 425 g/mol. The number of aromatic amines is 1. The van der Waals surface area contributed by atoms with Gasteiger partial charge in [-0.3, -0.25) is 0 Å². The lowest BCUT2D eigenvalue weighted by atomic mass is 10.1. The van der Waals surface area contributed by atoms with Crippen molar-refractivity contribution in [2.24, 2.45) is 5.73 Å². The quantitative estimate of drug-likeness (QED) is 0.533. The lowest BCUT2D eigenvalue weighted by Gasteiger charge is -2.27. The standard InChI is InChI=1S/C20H31N3O5S/c1-5-14(3)28-15(12-23(6-2)29(4,25)26)13-27-20(24)19(21)17-11-22-18-10-8-7-9-16(17)18/h7-11,14-15,19,22H,5-6,12-13,21H2,1-4H3/t14-,15-,19-/m0/s1. The molecule has 0 aliphatic heterocycles. The number of nitrogens with zero attached hydrogens (tertiary/aromatic N) is 1. The summed E-state index contributed by atoms with van der Waals surface area (Å²) in [5.74, 6) is -0.588. The minimum absolute atomic E-state index is 0.0781. The molecular weight excluding hydrogens is 394 g/mol. The number of esters is 1. The topological polar surface area (TPSA) is 115 Å². The van der Waals surface area contributed by atoms with E-state index in [2.05, 4.69) is 4.98 Å². The fourth-order valence-corrected chi connectivity index (χ4v) is 3.94. The number of aromatic nitrogens is 1. The molecular formula is C20H31N3O5S. The first-order valence-electron chi connectivity index (χ1n) is 9.76. The van der Waals surface area contributed by atoms with Crippen molar-refractivity contribution in [3.05, 3.63) is 36.0 Å². The van der Waals surface area contributed by atoms with Crippen LogP contribution in [0.1, 0.15) is 38.8 Å². The zero-order chi connectivity index (χ0) is 21.6. The van der Waals surface area contributed by atoms with Crippen molar-refractivity contribution in [2.45, 2.75) is 45.4 Å². The van der Waals surface area contributed by atoms with Gasteiger partial charge in [-0.15, -0.1) is 0 Å². The van der Waals surface area contributed by atoms with Crippen molar-refractivity contribution < 1.29 is 22.7 Å². The first kappa shape index (κ1) is 23.3. The molecule has 0 aliphatic carbocycles. The van der Waals surface area contributed by atoms with E-state index >= 15 is 0 Å². The van der Waals surface area contributed by atoms with Crippen molar-refractivity contribution in [2.75, 3.05) is 26.0 Å². The predicted octanol–water partition coefficient (Wildman–Crippen LogP) is 2.18. The van der Waals surface area contributed by atoms with Crippen LogP contribution in [-0.2, 0) is 24.3 Å². The Bertz CT molecular complexity index is 912. The third kappa shape index (κ3) is 6.27. The van der Waals surface area contributed by atoms with Crippen LogP contribution in [0.4, 0.5) is 0 Å². The van der Waals surface area contributed by atoms with Crippen LogP contribution in [0.3, 0.4) is 0 Å². The predicted molar refractivity (Wildman–Crippen MR) is 113 cm³/mol. The minimum atomic E-state index is -3.38. The summed E-state index contributed by atoms with van der Waals surface area (Å²) in [6.07, 6.45) is 2.92. The minimum Gasteiger partial charge on any atom is -0.461 e. The first-order valence-corrected chi connectivity index (χ1v) is 11.6. The number of H-pyrrole nitrogens is 1. The Morgan fingerprint density at radius 3 is 2.59 bits per heavy atom. The van der Waals surface area contributed by atoms with Gasteiger partial charge in [-0.05, 0) is 19.4 Å². The molecule has 0 unspecified atom stereocenters. The Kier molecular flexibility index (Phi) is 8.21. The summed E-state index contributed by atoms with van der Waals surface area (Å²) < 4.78 is 36.4. The second-order valence-corrected chi connectivity index (χ2v) is 9.07. The number of fused-ring (bicyclic) bond motifs is 1. The van der Waals surface area contributed by atoms with E-state index in [-0.39, 0.29) is 19.3 Å². The molecule has 3 N–H and O–H groups in total. The van der Waals surface area contributed by atoms with Crippen molar-refractivity contribution in [1.82, 2.24) is 9.29 Å². The summed E-state index contributed by atoms with van der Waals surface area (Å²) in [6.45, 7) is 5.95. The Balaban J connectivity index is 2.07. The molecule has 1 aromatic carbocycles. The maximum absolute atomic E-state index is 12.5. The summed E-state index contributed by atoms with van der Waals surface area (Å²) >= 11 is 0. The molecule has 162 valence electrons. The molecule has 1 aromatic heterocycles. The molecule has 9 heteroatoms. The number of benzene rings is 1. The molecule has 0 radical (unpaired) electrons. The maximum atomic E-state index is 12.5. The third-order valence-corrected chi connectivity index (χ3v) is 6.20. The van der Waals surface area contributed by atoms with E-state index in [1.54, 1.807) is 13.1 Å². The van der Waals surface area contributed by atoms with E-state index in [4.69, 9.17) is 15.2 Å². The van der Waals surface area contributed by atoms with Crippen LogP contribution in [0.25, 0.3) is 10.9 Å². The summed E-state index contributed by atoms with van der Waals surface area (Å²) in [5, 5.41) is 0.860. The van der Waals surface area contributed by atoms with Crippen molar-refractivity contribution in [3.63, 3.8) is 0 Å². The van der Waals surface area contributed by atoms with Crippen LogP contribution in [0.2, 0.25) is 0 Å². The zero-order valence-electron chi connectivity index (χ0n) is 17.4. The molecule has 29 heavy (non-hydrogen) atoms. The fourth-order valence-electron chi connectivity index (χ4n) is 3.03. The normalized spacial score (nSPS) is 15.4. The highest BCUT2D eigenvalue weighted by molar-refractivity contribution is 7.88. The molecule has 8 nitrogen and oxygen atoms in total. The molecule has 0 aliphatic rings. The number of carbonyl (C=O) groups excluding carboxylic acids is 1. The Morgan fingerprint density at radius 1 is 1.28 bits per heavy atom. The van der Waals surface area contributed by atoms with Crippen LogP contribution >= 0.6 is 0 Å². The van der Waals surface area contributed by atoms with Gasteiger partial charge in [0.05, 0.1) is 12.4 Å². The first-order chi connectivity index (χ1) is 13.7. The van der Waals surface area contributed by atoms with Gasteiger partial charge in [0, 0.05) is 35.8 Å². The van der Waals surface area contributed by atoms with Gasteiger partial charge in [-0.2, -0.15) is 4.31 Å². The molecule has 2 aromatic rings. The van der Waals surface area contributed by atoms with E-state index < -0.39 is 28.1 Å². The number of likely N-dealkylation sites (N-methyl/N-ethyl adjacent to an activating group) is 1. The van der Waals surface area contributed by atoms with Gasteiger partial charge in [-0.25, -0.2) is 13.2 Å². The summed E-state index contributed by atoms with van der Waals surface area (Å²) in [5.41, 5.74) is 7.65. The van der Waals surface area contributed by atoms with Crippen LogP contribution < -0.4 is 5.73 Å². The zero-order valence-corrected chi connectivity index (χ0v) is 18.2. The highest BCUT2D eigenvalue weighted by atomic mass is 32.2. The number of rotatable bonds is 11. The summed E-state index contributed by atoms with van der Waals surface area (Å²) in [6, 6.07) is 6.60. The van der Waals surface area contributed by atoms with Crippen molar-refractivity contribution >= 4 is 26.9 Å². The lowest BCUT2D eigenvalue weighted by molar-refractivity contribution is -0.151. The lowest BCUT2D eigenvalue weighted by Crippen LogP contribution is -2.41. The van der Waals surface area contributed by atoms with Gasteiger partial charge >= 0.3 is 5.97 Å². The number of nitrogens with two attached hydrogens (primary N) is 1. The SMILES string of the molecule is CC[C@H](C)O[C@H](COC(=O)[C@@H](N)c1c[nH]c2ccccc12)CN(CC)S(C)(=O)=O. The van der Waals surface area contributed by atoms with Gasteiger partial charge < -0.3 is 20.2 Å². The number of para-hydroxylation sites is 1. The van der Waals surface area contributed by atoms with Crippen LogP contribution in [0.5, 0.6) is 0 Å². The van der Waals surface area contributed by atoms with Gasteiger partial charge in [0.15, 0.2) is 0 Å². The number of hydrogen-bond donors (Lipinski definition) is 2. The van der Waals surface area contributed by atoms with E-state index in [9.17, 15) is 13.2 Å². The van der Waals surface area contributed by atoms with E-state index in [0.717, 1.165) is 23.6 Å². The van der Waals surface area contributed by atoms with Crippen LogP contribution in [-0.4, -0.2) is 61.8 Å². The Hall–Kier alpha value is -1.94. The average Bonchev–Trinajstić information content (AvgIpc) is 3.11. The van der Waals surface area contributed by atoms with E-state index in [1.165, 1.54) is 4.31 Å². The van der Waals surface area contributed by atoms with Gasteiger partial charge in [0.25, 0.3) is 0 Å². The molecule has 0 spiro atoms. The Labute approximate surface area is 172 Å². The highest BCUT2D eigenvalue weighted by Gasteiger charge is 2.26. The fraction of sp³-hybridized carbons (Fsp3) is 0.550. The van der Waals surface area contributed by atoms with Crippen molar-refractivity contribution in [3.8, 4) is 0 Å². The van der Waals surface area contributed by atoms with Gasteiger partial charge in [0.2, 0.25) is 10.0 Å². The highest BCUT2D eigenvalue weighted by Crippen LogP contribution is 2.23. The smallest absolute Gasteiger partial charge is 0.327 e. The number of nitrogens with one attached hydrogen (secondary N) is 1. The maximum Gasteiger partial charge on any atom is 0.327 e. The van der Waals surface area contributed by atoms with Crippen LogP contribution in [0, 0.1) is 0 Å². The Morgan fingerprint density at radius 2 is 1.97 bits per heavy atom. The largest absolute Gasteiger partial charge is 0.461 e. The molecule has 0 bridgehead atoms. The summed E-state index contributed by atoms with van der Waals surface area (Å²) in [7, 11) is -3.38. The molecule has 0 fully saturated rings. The molecule has 1 heterocycles. The molecule has 0 saturated heterocycles. The van der Waals surface area contributed by atoms with E-state index in [0.29, 0.717) is 12.1 Å². The van der Waals surface area contributed by atoms with Crippen LogP contribution in [0.15, 0.2) is 30.5 Å². The summed E-state index contributed by atoms with van der Waals surface area (Å²) in [4.78, 5) is 15.6. The molecule has 2 rings (SSSR count). The second kappa shape index (κ2) is 10.2. The van der Waals surface area contributed by atoms with Gasteiger partial charge in [-0.1, -0.05) is 32.0 Å². The van der Waals surface area contributed by atoms with Gasteiger partial charge in [0.1, 0.15) is 18.8 Å². The molecule has 0 amide bonds. The average molecular weight is 426 g/mol. The molecule has 0 saturated carbocycles. The molecule has 3 atom stereocenters. The number of hydrogen-bond acceptors (Lipinski definition) is 6. The third-order valence-electron chi connectivity index (χ3n) is 4.85. The number of sulfonamides is 1. The van der Waals surface area contributed by atoms with Crippen molar-refractivity contribution in [1.29, 1.82) is 0 Å². The number of carbonyl (C=O) groups is 1. The second-order valence-electron chi connectivity index (χ2n) is 7.09. The number of ether oxygens (including phenoxy) is 2.